The van der Waals surface area contributed by atoms with Gasteiger partial charge in [0.25, 0.3) is 5.91 Å². The van der Waals surface area contributed by atoms with Gasteiger partial charge >= 0.3 is 6.03 Å². The Morgan fingerprint density at radius 3 is 2.15 bits per heavy atom. The zero-order valence-corrected chi connectivity index (χ0v) is 30.0. The third-order valence-electron chi connectivity index (χ3n) is 8.21. The molecule has 47 heavy (non-hydrogen) atoms. The Kier molecular flexibility index (Phi) is 12.5. The van der Waals surface area contributed by atoms with Crippen molar-refractivity contribution in [3.05, 3.63) is 101 Å². The Hall–Kier alpha value is -4.05. The van der Waals surface area contributed by atoms with Crippen LogP contribution in [0.5, 0.6) is 0 Å². The number of halogens is 2. The summed E-state index contributed by atoms with van der Waals surface area (Å²) in [5.41, 5.74) is 7.43. The minimum atomic E-state index is -0.323. The van der Waals surface area contributed by atoms with Crippen LogP contribution in [0.2, 0.25) is 0 Å². The second-order valence-corrected chi connectivity index (χ2v) is 13.2. The van der Waals surface area contributed by atoms with Crippen LogP contribution < -0.4 is 15.5 Å². The molecular weight excluding hydrogens is 633 g/mol. The molecule has 1 fully saturated rings. The largest absolute Gasteiger partial charge is 0.378 e. The van der Waals surface area contributed by atoms with Gasteiger partial charge in [0.05, 0.1) is 11.4 Å². The number of piperazine rings is 1. The lowest BCUT2D eigenvalue weighted by atomic mass is 9.92. The number of aryl methyl sites for hydroxylation is 2. The monoisotopic (exact) mass is 679 g/mol. The number of anilines is 3. The topological polar surface area (TPSA) is 85.7 Å². The first-order valence-corrected chi connectivity index (χ1v) is 15.5. The van der Waals surface area contributed by atoms with Crippen LogP contribution >= 0.6 is 24.8 Å². The maximum absolute atomic E-state index is 13.2. The van der Waals surface area contributed by atoms with Crippen LogP contribution in [0, 0.1) is 13.8 Å². The number of rotatable bonds is 7. The molecule has 4 aromatic rings. The molecule has 1 saturated heterocycles. The van der Waals surface area contributed by atoms with E-state index in [-0.39, 0.29) is 42.2 Å². The zero-order valence-electron chi connectivity index (χ0n) is 28.3. The van der Waals surface area contributed by atoms with Crippen molar-refractivity contribution in [2.75, 3.05) is 55.8 Å². The molecule has 9 nitrogen and oxygen atoms in total. The molecule has 0 bridgehead atoms. The number of aromatic nitrogens is 2. The number of urea groups is 1. The first-order chi connectivity index (χ1) is 21.4. The highest BCUT2D eigenvalue weighted by atomic mass is 35.5. The Morgan fingerprint density at radius 1 is 0.851 bits per heavy atom. The van der Waals surface area contributed by atoms with E-state index < -0.39 is 0 Å². The van der Waals surface area contributed by atoms with Crippen molar-refractivity contribution < 1.29 is 9.59 Å². The highest BCUT2D eigenvalue weighted by Gasteiger charge is 2.24. The third-order valence-corrected chi connectivity index (χ3v) is 8.21. The summed E-state index contributed by atoms with van der Waals surface area (Å²) in [7, 11) is 3.96. The summed E-state index contributed by atoms with van der Waals surface area (Å²) in [5.74, 6) is 0.693. The number of nitrogens with one attached hydrogen (secondary N) is 2. The van der Waals surface area contributed by atoms with Crippen LogP contribution in [-0.2, 0) is 12.0 Å². The molecule has 3 amide bonds. The van der Waals surface area contributed by atoms with E-state index in [1.54, 1.807) is 4.68 Å². The molecule has 2 heterocycles. The van der Waals surface area contributed by atoms with Crippen molar-refractivity contribution in [3.8, 4) is 5.69 Å². The number of hydrogen-bond acceptors (Lipinski definition) is 5. The van der Waals surface area contributed by atoms with E-state index in [4.69, 9.17) is 5.10 Å². The minimum Gasteiger partial charge on any atom is -0.378 e. The number of hydrogen-bond donors (Lipinski definition) is 2. The summed E-state index contributed by atoms with van der Waals surface area (Å²) >= 11 is 0. The normalized spacial score (nSPS) is 13.3. The zero-order chi connectivity index (χ0) is 32.3. The second-order valence-electron chi connectivity index (χ2n) is 13.2. The van der Waals surface area contributed by atoms with Gasteiger partial charge in [-0.15, -0.1) is 24.8 Å². The highest BCUT2D eigenvalue weighted by Crippen LogP contribution is 2.27. The van der Waals surface area contributed by atoms with Crippen LogP contribution in [-0.4, -0.2) is 71.8 Å². The SMILES string of the molecule is Cc1ccc(-n2nc(C(C)(C)C)cc2NC(=O)Nc2ccc(CN3CCN(C(=O)c4cccc(N(C)C)c4)CC3)cc2C)cc1.Cl.Cl. The van der Waals surface area contributed by atoms with E-state index in [0.717, 1.165) is 59.1 Å². The van der Waals surface area contributed by atoms with Crippen LogP contribution in [0.1, 0.15) is 53.5 Å². The van der Waals surface area contributed by atoms with Gasteiger partial charge in [-0.2, -0.15) is 5.10 Å². The third kappa shape index (κ3) is 9.28. The summed E-state index contributed by atoms with van der Waals surface area (Å²) in [6.45, 7) is 14.2. The standard InChI is InChI=1S/C36H45N7O2.2ClH/c1-25-11-14-29(15-12-25)43-33(23-32(39-43)36(3,4)5)38-35(45)37-31-16-13-27(21-26(31)2)24-41-17-19-42(20-18-41)34(44)28-9-8-10-30(22-28)40(6)7;;/h8-16,21-23H,17-20,24H2,1-7H3,(H2,37,38,45);2*1H. The van der Waals surface area contributed by atoms with E-state index >= 15 is 0 Å². The molecule has 252 valence electrons. The van der Waals surface area contributed by atoms with Crippen LogP contribution in [0.25, 0.3) is 5.69 Å². The fourth-order valence-corrected chi connectivity index (χ4v) is 5.42. The maximum Gasteiger partial charge on any atom is 0.324 e. The van der Waals surface area contributed by atoms with Gasteiger partial charge < -0.3 is 15.1 Å². The Labute approximate surface area is 291 Å². The molecule has 0 aliphatic carbocycles. The van der Waals surface area contributed by atoms with Crippen LogP contribution in [0.4, 0.5) is 22.0 Å². The van der Waals surface area contributed by atoms with Gasteiger partial charge in [-0.05, 0) is 61.4 Å². The minimum absolute atomic E-state index is 0. The van der Waals surface area contributed by atoms with Crippen molar-refractivity contribution in [1.82, 2.24) is 19.6 Å². The fourth-order valence-electron chi connectivity index (χ4n) is 5.42. The van der Waals surface area contributed by atoms with Gasteiger partial charge in [-0.25, -0.2) is 9.48 Å². The average Bonchev–Trinajstić information content (AvgIpc) is 3.43. The van der Waals surface area contributed by atoms with Crippen LogP contribution in [0.15, 0.2) is 72.8 Å². The van der Waals surface area contributed by atoms with Gasteiger partial charge in [0.15, 0.2) is 0 Å². The molecule has 0 spiro atoms. The van der Waals surface area contributed by atoms with Gasteiger partial charge in [-0.1, -0.05) is 56.7 Å². The lowest BCUT2D eigenvalue weighted by Crippen LogP contribution is -2.48. The number of benzene rings is 3. The number of amides is 3. The molecule has 0 atom stereocenters. The fraction of sp³-hybridized carbons (Fsp3) is 0.361. The summed E-state index contributed by atoms with van der Waals surface area (Å²) < 4.78 is 1.78. The first-order valence-electron chi connectivity index (χ1n) is 15.5. The van der Waals surface area contributed by atoms with Crippen molar-refractivity contribution in [2.24, 2.45) is 0 Å². The molecule has 0 unspecified atom stereocenters. The predicted octanol–water partition coefficient (Wildman–Crippen LogP) is 7.30. The highest BCUT2D eigenvalue weighted by molar-refractivity contribution is 6.00. The second kappa shape index (κ2) is 15.7. The summed E-state index contributed by atoms with van der Waals surface area (Å²) in [4.78, 5) is 32.6. The van der Waals surface area contributed by atoms with Crippen molar-refractivity contribution in [2.45, 2.75) is 46.6 Å². The lowest BCUT2D eigenvalue weighted by molar-refractivity contribution is 0.0628. The van der Waals surface area contributed by atoms with E-state index in [2.05, 4.69) is 48.4 Å². The molecule has 1 aliphatic heterocycles. The van der Waals surface area contributed by atoms with Gasteiger partial charge in [0.1, 0.15) is 5.82 Å². The van der Waals surface area contributed by atoms with E-state index in [1.807, 2.05) is 98.4 Å². The molecule has 5 rings (SSSR count). The molecule has 0 radical (unpaired) electrons. The lowest BCUT2D eigenvalue weighted by Gasteiger charge is -2.35. The quantitative estimate of drug-likeness (QED) is 0.214. The number of carbonyl (C=O) groups excluding carboxylic acids is 2. The molecule has 11 heteroatoms. The summed E-state index contributed by atoms with van der Waals surface area (Å²) in [6, 6.07) is 23.6. The maximum atomic E-state index is 13.2. The molecule has 0 saturated carbocycles. The smallest absolute Gasteiger partial charge is 0.324 e. The molecule has 3 aromatic carbocycles. The van der Waals surface area contributed by atoms with Crippen molar-refractivity contribution in [3.63, 3.8) is 0 Å². The van der Waals surface area contributed by atoms with Crippen LogP contribution in [0.3, 0.4) is 0 Å². The number of carbonyl (C=O) groups is 2. The summed E-state index contributed by atoms with van der Waals surface area (Å²) in [6.07, 6.45) is 0. The van der Waals surface area contributed by atoms with Gasteiger partial charge in [-0.3, -0.25) is 15.0 Å². The molecular formula is C36H47Cl2N7O2. The Bertz CT molecular complexity index is 1670. The molecule has 2 N–H and O–H groups in total. The Balaban J connectivity index is 0.00000300. The number of nitrogens with zero attached hydrogens (tertiary/aromatic N) is 5. The summed E-state index contributed by atoms with van der Waals surface area (Å²) in [5, 5.41) is 10.8. The van der Waals surface area contributed by atoms with E-state index in [1.165, 1.54) is 5.56 Å². The predicted molar refractivity (Wildman–Crippen MR) is 197 cm³/mol. The van der Waals surface area contributed by atoms with E-state index in [9.17, 15) is 9.59 Å². The van der Waals surface area contributed by atoms with Gasteiger partial charge in [0, 0.05) is 75.2 Å². The first kappa shape index (κ1) is 37.4. The Morgan fingerprint density at radius 2 is 1.53 bits per heavy atom. The average molecular weight is 681 g/mol. The van der Waals surface area contributed by atoms with Gasteiger partial charge in [0.2, 0.25) is 0 Å². The molecule has 1 aromatic heterocycles. The molecule has 1 aliphatic rings. The van der Waals surface area contributed by atoms with Crippen molar-refractivity contribution >= 4 is 53.9 Å². The van der Waals surface area contributed by atoms with E-state index in [0.29, 0.717) is 18.9 Å². The van der Waals surface area contributed by atoms with Crippen molar-refractivity contribution in [1.29, 1.82) is 0 Å².